The van der Waals surface area contributed by atoms with E-state index in [1.54, 1.807) is 16.8 Å². The number of hydrogen-bond acceptors (Lipinski definition) is 7. The number of aliphatic hydroxyl groups is 1. The number of pyridine rings is 2. The second kappa shape index (κ2) is 6.75. The van der Waals surface area contributed by atoms with Crippen LogP contribution >= 0.6 is 0 Å². The molecule has 2 aromatic heterocycles. The van der Waals surface area contributed by atoms with Crippen molar-refractivity contribution >= 4 is 23.1 Å². The third-order valence-electron chi connectivity index (χ3n) is 5.42. The molecule has 4 heterocycles. The fraction of sp³-hybridized carbons (Fsp3) is 0.304. The lowest BCUT2D eigenvalue weighted by atomic mass is 9.99. The average molecular weight is 419 g/mol. The highest BCUT2D eigenvalue weighted by molar-refractivity contribution is 6.02. The number of cyclic esters (lactones) is 1. The summed E-state index contributed by atoms with van der Waals surface area (Å²) >= 11 is 0. The first kappa shape index (κ1) is 19.4. The molecule has 2 aliphatic rings. The molecule has 0 saturated heterocycles. The Bertz CT molecular complexity index is 1330. The number of carbonyl (C=O) groups is 1. The third kappa shape index (κ3) is 3.11. The molecule has 1 atom stereocenters. The van der Waals surface area contributed by atoms with E-state index < -0.39 is 17.7 Å². The summed E-state index contributed by atoms with van der Waals surface area (Å²) in [6.45, 7) is 5.88. The fourth-order valence-corrected chi connectivity index (χ4v) is 3.99. The van der Waals surface area contributed by atoms with Crippen molar-refractivity contribution in [1.29, 1.82) is 0 Å². The minimum absolute atomic E-state index is 0.149. The molecule has 0 bridgehead atoms. The highest BCUT2D eigenvalue weighted by atomic mass is 16.6. The van der Waals surface area contributed by atoms with Crippen molar-refractivity contribution in [2.75, 3.05) is 0 Å². The molecule has 8 nitrogen and oxygen atoms in total. The van der Waals surface area contributed by atoms with Crippen LogP contribution in [0, 0.1) is 0 Å². The topological polar surface area (TPSA) is 103 Å². The summed E-state index contributed by atoms with van der Waals surface area (Å²) in [4.78, 5) is 35.3. The molecule has 0 amide bonds. The van der Waals surface area contributed by atoms with Crippen molar-refractivity contribution in [3.05, 3.63) is 62.9 Å². The zero-order valence-electron chi connectivity index (χ0n) is 17.4. The van der Waals surface area contributed by atoms with Gasteiger partial charge in [-0.3, -0.25) is 4.79 Å². The largest absolute Gasteiger partial charge is 0.458 e. The zero-order chi connectivity index (χ0) is 21.9. The SMILES string of the molecule is CC(C)(C)O/N=C/c1c2c(nc3ccccc13)-c1cc3c(c(=O)n1C2)COC(=O)C3O. The van der Waals surface area contributed by atoms with E-state index in [2.05, 4.69) is 5.16 Å². The van der Waals surface area contributed by atoms with E-state index in [1.807, 2.05) is 45.0 Å². The lowest BCUT2D eigenvalue weighted by Crippen LogP contribution is -2.32. The van der Waals surface area contributed by atoms with Gasteiger partial charge in [0.2, 0.25) is 0 Å². The van der Waals surface area contributed by atoms with Crippen molar-refractivity contribution in [1.82, 2.24) is 9.55 Å². The van der Waals surface area contributed by atoms with E-state index in [0.29, 0.717) is 23.5 Å². The van der Waals surface area contributed by atoms with Gasteiger partial charge >= 0.3 is 5.97 Å². The quantitative estimate of drug-likeness (QED) is 0.304. The molecule has 1 N–H and O–H groups in total. The molecular weight excluding hydrogens is 398 g/mol. The van der Waals surface area contributed by atoms with Crippen LogP contribution in [0.4, 0.5) is 0 Å². The lowest BCUT2D eigenvalue weighted by molar-refractivity contribution is -0.157. The van der Waals surface area contributed by atoms with E-state index in [1.165, 1.54) is 0 Å². The van der Waals surface area contributed by atoms with E-state index >= 15 is 0 Å². The maximum Gasteiger partial charge on any atom is 0.340 e. The van der Waals surface area contributed by atoms with Gasteiger partial charge in [0, 0.05) is 22.1 Å². The number of fused-ring (bicyclic) bond motifs is 5. The van der Waals surface area contributed by atoms with Gasteiger partial charge in [0.1, 0.15) is 12.2 Å². The van der Waals surface area contributed by atoms with Gasteiger partial charge in [-0.1, -0.05) is 23.4 Å². The summed E-state index contributed by atoms with van der Waals surface area (Å²) in [6.07, 6.45) is 0.180. The summed E-state index contributed by atoms with van der Waals surface area (Å²) in [5.41, 5.74) is 3.42. The highest BCUT2D eigenvalue weighted by Crippen LogP contribution is 2.37. The molecule has 0 spiro atoms. The minimum atomic E-state index is -1.48. The maximum atomic E-state index is 13.2. The Labute approximate surface area is 177 Å². The molecule has 2 aliphatic heterocycles. The number of aliphatic hydroxyl groups excluding tert-OH is 1. The van der Waals surface area contributed by atoms with Crippen LogP contribution < -0.4 is 5.56 Å². The molecule has 1 aromatic carbocycles. The van der Waals surface area contributed by atoms with Crippen LogP contribution in [0.5, 0.6) is 0 Å². The van der Waals surface area contributed by atoms with Crippen LogP contribution in [0.25, 0.3) is 22.3 Å². The van der Waals surface area contributed by atoms with Crippen molar-refractivity contribution in [2.45, 2.75) is 45.6 Å². The number of esters is 1. The standard InChI is InChI=1S/C23H21N3O5/c1-23(2,3)31-24-9-14-12-6-4-5-7-17(12)25-19-15(14)10-26-18(19)8-13-16(21(26)28)11-30-22(29)20(13)27/h4-9,20,27H,10-11H2,1-3H3/b24-9+. The Morgan fingerprint density at radius 3 is 2.81 bits per heavy atom. The van der Waals surface area contributed by atoms with Gasteiger partial charge < -0.3 is 19.2 Å². The Balaban J connectivity index is 1.73. The molecule has 5 rings (SSSR count). The first-order valence-electron chi connectivity index (χ1n) is 9.99. The molecular formula is C23H21N3O5. The number of benzene rings is 1. The van der Waals surface area contributed by atoms with Crippen molar-refractivity contribution in [3.63, 3.8) is 0 Å². The van der Waals surface area contributed by atoms with Gasteiger partial charge in [0.25, 0.3) is 5.56 Å². The van der Waals surface area contributed by atoms with Gasteiger partial charge in [-0.2, -0.15) is 0 Å². The number of nitrogens with zero attached hydrogens (tertiary/aromatic N) is 3. The number of para-hydroxylation sites is 1. The zero-order valence-corrected chi connectivity index (χ0v) is 17.4. The number of oxime groups is 1. The molecule has 0 radical (unpaired) electrons. The second-order valence-corrected chi connectivity index (χ2v) is 8.67. The molecule has 158 valence electrons. The number of hydrogen-bond donors (Lipinski definition) is 1. The molecule has 31 heavy (non-hydrogen) atoms. The van der Waals surface area contributed by atoms with Gasteiger partial charge in [-0.15, -0.1) is 0 Å². The van der Waals surface area contributed by atoms with E-state index in [4.69, 9.17) is 14.6 Å². The van der Waals surface area contributed by atoms with Crippen LogP contribution in [0.15, 0.2) is 40.3 Å². The smallest absolute Gasteiger partial charge is 0.340 e. The normalized spacial score (nSPS) is 17.4. The van der Waals surface area contributed by atoms with E-state index in [-0.39, 0.29) is 17.7 Å². The van der Waals surface area contributed by atoms with Crippen LogP contribution in [0.3, 0.4) is 0 Å². The van der Waals surface area contributed by atoms with E-state index in [0.717, 1.165) is 22.0 Å². The maximum absolute atomic E-state index is 13.2. The number of carbonyl (C=O) groups excluding carboxylic acids is 1. The highest BCUT2D eigenvalue weighted by Gasteiger charge is 2.34. The predicted octanol–water partition coefficient (Wildman–Crippen LogP) is 2.66. The second-order valence-electron chi connectivity index (χ2n) is 8.67. The summed E-state index contributed by atoms with van der Waals surface area (Å²) in [6, 6.07) is 9.33. The molecule has 0 saturated carbocycles. The van der Waals surface area contributed by atoms with Crippen LogP contribution in [-0.4, -0.2) is 32.4 Å². The Morgan fingerprint density at radius 2 is 2.03 bits per heavy atom. The average Bonchev–Trinajstić information content (AvgIpc) is 3.09. The number of aromatic nitrogens is 2. The van der Waals surface area contributed by atoms with Gasteiger partial charge in [0.05, 0.1) is 35.2 Å². The van der Waals surface area contributed by atoms with Gasteiger partial charge in [-0.05, 0) is 32.9 Å². The van der Waals surface area contributed by atoms with Gasteiger partial charge in [-0.25, -0.2) is 9.78 Å². The Morgan fingerprint density at radius 1 is 1.26 bits per heavy atom. The van der Waals surface area contributed by atoms with E-state index in [9.17, 15) is 14.7 Å². The molecule has 0 fully saturated rings. The van der Waals surface area contributed by atoms with Crippen molar-refractivity contribution in [3.8, 4) is 11.4 Å². The van der Waals surface area contributed by atoms with Crippen LogP contribution in [0.1, 0.15) is 49.1 Å². The number of rotatable bonds is 2. The van der Waals surface area contributed by atoms with Crippen molar-refractivity contribution < 1.29 is 19.5 Å². The minimum Gasteiger partial charge on any atom is -0.458 e. The molecule has 8 heteroatoms. The number of ether oxygens (including phenoxy) is 1. The fourth-order valence-electron chi connectivity index (χ4n) is 3.99. The summed E-state index contributed by atoms with van der Waals surface area (Å²) in [5, 5.41) is 15.3. The first-order valence-corrected chi connectivity index (χ1v) is 9.99. The van der Waals surface area contributed by atoms with Crippen LogP contribution in [-0.2, 0) is 27.5 Å². The molecule has 1 unspecified atom stereocenters. The summed E-state index contributed by atoms with van der Waals surface area (Å²) in [7, 11) is 0. The Kier molecular flexibility index (Phi) is 4.23. The van der Waals surface area contributed by atoms with Gasteiger partial charge in [0.15, 0.2) is 6.10 Å². The molecule has 0 aliphatic carbocycles. The summed E-state index contributed by atoms with van der Waals surface area (Å²) in [5.74, 6) is -0.756. The summed E-state index contributed by atoms with van der Waals surface area (Å²) < 4.78 is 6.55. The third-order valence-corrected chi connectivity index (χ3v) is 5.42. The lowest BCUT2D eigenvalue weighted by Gasteiger charge is -2.21. The van der Waals surface area contributed by atoms with Crippen molar-refractivity contribution in [2.24, 2.45) is 5.16 Å². The predicted molar refractivity (Wildman–Crippen MR) is 114 cm³/mol. The first-order chi connectivity index (χ1) is 14.7. The monoisotopic (exact) mass is 419 g/mol. The Hall–Kier alpha value is -3.52. The molecule has 3 aromatic rings. The van der Waals surface area contributed by atoms with Crippen LogP contribution in [0.2, 0.25) is 0 Å².